The van der Waals surface area contributed by atoms with Crippen LogP contribution >= 0.6 is 15.9 Å². The second kappa shape index (κ2) is 8.25. The van der Waals surface area contributed by atoms with Crippen LogP contribution in [0.2, 0.25) is 0 Å². The first kappa shape index (κ1) is 17.0. The van der Waals surface area contributed by atoms with Crippen molar-refractivity contribution in [2.75, 3.05) is 27.3 Å². The third kappa shape index (κ3) is 5.42. The molecule has 0 aromatic heterocycles. The van der Waals surface area contributed by atoms with Crippen LogP contribution < -0.4 is 15.4 Å². The summed E-state index contributed by atoms with van der Waals surface area (Å²) in [6.07, 6.45) is 0. The maximum atomic E-state index is 11.8. The quantitative estimate of drug-likeness (QED) is 0.721. The van der Waals surface area contributed by atoms with Crippen molar-refractivity contribution in [3.8, 4) is 5.75 Å². The maximum absolute atomic E-state index is 11.8. The van der Waals surface area contributed by atoms with Gasteiger partial charge in [-0.1, -0.05) is 0 Å². The molecular formula is C13H15BrN2O5. The minimum atomic E-state index is -0.645. The number of amides is 2. The summed E-state index contributed by atoms with van der Waals surface area (Å²) in [6, 6.07) is 4.66. The van der Waals surface area contributed by atoms with Crippen molar-refractivity contribution in [1.29, 1.82) is 0 Å². The van der Waals surface area contributed by atoms with Crippen LogP contribution in [0.1, 0.15) is 10.4 Å². The zero-order valence-corrected chi connectivity index (χ0v) is 13.2. The molecular weight excluding hydrogens is 344 g/mol. The largest absolute Gasteiger partial charge is 0.496 e. The third-order valence-electron chi connectivity index (χ3n) is 2.45. The SMILES string of the molecule is CNC(=O)CNC(=O)COC(=O)c1ccc(OC)c(Br)c1. The van der Waals surface area contributed by atoms with Gasteiger partial charge in [-0.25, -0.2) is 4.79 Å². The number of rotatable bonds is 6. The molecule has 2 N–H and O–H groups in total. The number of nitrogens with one attached hydrogen (secondary N) is 2. The Morgan fingerprint density at radius 3 is 2.52 bits per heavy atom. The van der Waals surface area contributed by atoms with Crippen LogP contribution in [0.4, 0.5) is 0 Å². The summed E-state index contributed by atoms with van der Waals surface area (Å²) < 4.78 is 10.5. The Balaban J connectivity index is 2.48. The van der Waals surface area contributed by atoms with Gasteiger partial charge in [-0.15, -0.1) is 0 Å². The topological polar surface area (TPSA) is 93.7 Å². The summed E-state index contributed by atoms with van der Waals surface area (Å²) >= 11 is 3.25. The highest BCUT2D eigenvalue weighted by atomic mass is 79.9. The van der Waals surface area contributed by atoms with E-state index in [-0.39, 0.29) is 18.0 Å². The average Bonchev–Trinajstić information content (AvgIpc) is 2.49. The molecule has 0 heterocycles. The van der Waals surface area contributed by atoms with Crippen LogP contribution in [0.15, 0.2) is 22.7 Å². The molecule has 0 saturated carbocycles. The van der Waals surface area contributed by atoms with E-state index in [9.17, 15) is 14.4 Å². The molecule has 1 aromatic carbocycles. The predicted molar refractivity (Wildman–Crippen MR) is 78.1 cm³/mol. The average molecular weight is 359 g/mol. The fourth-order valence-electron chi connectivity index (χ4n) is 1.33. The van der Waals surface area contributed by atoms with Crippen LogP contribution in [0.3, 0.4) is 0 Å². The summed E-state index contributed by atoms with van der Waals surface area (Å²) in [5.74, 6) is -0.961. The summed E-state index contributed by atoms with van der Waals surface area (Å²) in [7, 11) is 2.96. The number of halogens is 1. The van der Waals surface area contributed by atoms with Crippen LogP contribution in [0, 0.1) is 0 Å². The summed E-state index contributed by atoms with van der Waals surface area (Å²) in [6.45, 7) is -0.625. The van der Waals surface area contributed by atoms with Gasteiger partial charge in [0.15, 0.2) is 6.61 Å². The Morgan fingerprint density at radius 2 is 1.95 bits per heavy atom. The molecule has 0 unspecified atom stereocenters. The monoisotopic (exact) mass is 358 g/mol. The van der Waals surface area contributed by atoms with E-state index in [1.54, 1.807) is 6.07 Å². The summed E-state index contributed by atoms with van der Waals surface area (Å²) in [5, 5.41) is 4.66. The van der Waals surface area contributed by atoms with E-state index in [0.717, 1.165) is 0 Å². The lowest BCUT2D eigenvalue weighted by Crippen LogP contribution is -2.37. The number of hydrogen-bond donors (Lipinski definition) is 2. The van der Waals surface area contributed by atoms with Crippen LogP contribution in [-0.4, -0.2) is 45.1 Å². The number of likely N-dealkylation sites (N-methyl/N-ethyl adjacent to an activating group) is 1. The maximum Gasteiger partial charge on any atom is 0.338 e. The Labute approximate surface area is 130 Å². The van der Waals surface area contributed by atoms with Gasteiger partial charge in [0.25, 0.3) is 5.91 Å². The van der Waals surface area contributed by atoms with Crippen molar-refractivity contribution in [2.24, 2.45) is 0 Å². The van der Waals surface area contributed by atoms with Crippen molar-refractivity contribution in [2.45, 2.75) is 0 Å². The number of hydrogen-bond acceptors (Lipinski definition) is 5. The first-order chi connectivity index (χ1) is 9.97. The molecule has 21 heavy (non-hydrogen) atoms. The normalized spacial score (nSPS) is 9.67. The Bertz CT molecular complexity index is 547. The zero-order valence-electron chi connectivity index (χ0n) is 11.6. The van der Waals surface area contributed by atoms with Crippen molar-refractivity contribution in [3.63, 3.8) is 0 Å². The van der Waals surface area contributed by atoms with Crippen molar-refractivity contribution < 1.29 is 23.9 Å². The van der Waals surface area contributed by atoms with Gasteiger partial charge in [0.1, 0.15) is 5.75 Å². The van der Waals surface area contributed by atoms with Crippen LogP contribution in [0.5, 0.6) is 5.75 Å². The molecule has 0 aliphatic rings. The lowest BCUT2D eigenvalue weighted by atomic mass is 10.2. The minimum absolute atomic E-state index is 0.166. The van der Waals surface area contributed by atoms with Crippen molar-refractivity contribution in [1.82, 2.24) is 10.6 Å². The van der Waals surface area contributed by atoms with Gasteiger partial charge in [-0.05, 0) is 34.1 Å². The van der Waals surface area contributed by atoms with Crippen LogP contribution in [0.25, 0.3) is 0 Å². The van der Waals surface area contributed by atoms with Crippen LogP contribution in [-0.2, 0) is 14.3 Å². The highest BCUT2D eigenvalue weighted by molar-refractivity contribution is 9.10. The highest BCUT2D eigenvalue weighted by Crippen LogP contribution is 2.25. The molecule has 7 nitrogen and oxygen atoms in total. The lowest BCUT2D eigenvalue weighted by molar-refractivity contribution is -0.127. The molecule has 114 valence electrons. The fourth-order valence-corrected chi connectivity index (χ4v) is 1.87. The second-order valence-electron chi connectivity index (χ2n) is 3.88. The van der Waals surface area contributed by atoms with Gasteiger partial charge in [0, 0.05) is 7.05 Å². The Morgan fingerprint density at radius 1 is 1.24 bits per heavy atom. The smallest absolute Gasteiger partial charge is 0.338 e. The lowest BCUT2D eigenvalue weighted by Gasteiger charge is -2.07. The Hall–Kier alpha value is -2.09. The number of carbonyl (C=O) groups is 3. The van der Waals surface area contributed by atoms with Gasteiger partial charge in [-0.2, -0.15) is 0 Å². The van der Waals surface area contributed by atoms with E-state index in [0.29, 0.717) is 10.2 Å². The molecule has 0 radical (unpaired) electrons. The number of carbonyl (C=O) groups excluding carboxylic acids is 3. The molecule has 2 amide bonds. The van der Waals surface area contributed by atoms with E-state index >= 15 is 0 Å². The molecule has 0 bridgehead atoms. The van der Waals surface area contributed by atoms with Gasteiger partial charge >= 0.3 is 5.97 Å². The van der Waals surface area contributed by atoms with Gasteiger partial charge in [-0.3, -0.25) is 9.59 Å². The van der Waals surface area contributed by atoms with Gasteiger partial charge in [0.2, 0.25) is 5.91 Å². The molecule has 0 fully saturated rings. The standard InChI is InChI=1S/C13H15BrN2O5/c1-15-11(17)6-16-12(18)7-21-13(19)8-3-4-10(20-2)9(14)5-8/h3-5H,6-7H2,1-2H3,(H,15,17)(H,16,18). The predicted octanol–water partition coefficient (Wildman–Crippen LogP) is 0.477. The zero-order chi connectivity index (χ0) is 15.8. The molecule has 0 saturated heterocycles. The van der Waals surface area contributed by atoms with E-state index in [4.69, 9.17) is 9.47 Å². The van der Waals surface area contributed by atoms with E-state index in [1.807, 2.05) is 0 Å². The van der Waals surface area contributed by atoms with E-state index < -0.39 is 18.5 Å². The third-order valence-corrected chi connectivity index (χ3v) is 3.07. The molecule has 0 spiro atoms. The van der Waals surface area contributed by atoms with E-state index in [2.05, 4.69) is 26.6 Å². The molecule has 0 aliphatic heterocycles. The van der Waals surface area contributed by atoms with E-state index in [1.165, 1.54) is 26.3 Å². The van der Waals surface area contributed by atoms with Crippen molar-refractivity contribution >= 4 is 33.7 Å². The number of benzene rings is 1. The first-order valence-corrected chi connectivity index (χ1v) is 6.75. The number of ether oxygens (including phenoxy) is 2. The molecule has 0 aliphatic carbocycles. The first-order valence-electron chi connectivity index (χ1n) is 5.96. The van der Waals surface area contributed by atoms with Crippen molar-refractivity contribution in [3.05, 3.63) is 28.2 Å². The highest BCUT2D eigenvalue weighted by Gasteiger charge is 2.12. The summed E-state index contributed by atoms with van der Waals surface area (Å²) in [4.78, 5) is 34.0. The Kier molecular flexibility index (Phi) is 6.67. The fraction of sp³-hybridized carbons (Fsp3) is 0.308. The van der Waals surface area contributed by atoms with Gasteiger partial charge in [0.05, 0.1) is 23.7 Å². The number of esters is 1. The summed E-state index contributed by atoms with van der Waals surface area (Å²) in [5.41, 5.74) is 0.279. The molecule has 1 aromatic rings. The second-order valence-corrected chi connectivity index (χ2v) is 4.73. The molecule has 1 rings (SSSR count). The van der Waals surface area contributed by atoms with Gasteiger partial charge < -0.3 is 20.1 Å². The molecule has 8 heteroatoms. The number of methoxy groups -OCH3 is 1. The molecule has 0 atom stereocenters. The minimum Gasteiger partial charge on any atom is -0.496 e.